The lowest BCUT2D eigenvalue weighted by Crippen LogP contribution is -2.23. The number of primary amides is 1. The maximum absolute atomic E-state index is 12.3. The third kappa shape index (κ3) is 6.18. The smallest absolute Gasteiger partial charge is 0.262 e. The Kier molecular flexibility index (Phi) is 7.61. The quantitative estimate of drug-likeness (QED) is 0.512. The molecule has 2 aromatic carbocycles. The van der Waals surface area contributed by atoms with E-state index in [9.17, 15) is 14.9 Å². The van der Waals surface area contributed by atoms with Crippen LogP contribution in [0, 0.1) is 11.3 Å². The van der Waals surface area contributed by atoms with Gasteiger partial charge in [-0.05, 0) is 36.3 Å². The highest BCUT2D eigenvalue weighted by Crippen LogP contribution is 2.29. The second kappa shape index (κ2) is 10.4. The Bertz CT molecular complexity index is 902. The van der Waals surface area contributed by atoms with Crippen molar-refractivity contribution in [2.75, 3.05) is 13.2 Å². The number of carbonyl (C=O) groups excluding carboxylic acids is 2. The minimum absolute atomic E-state index is 0.0378. The summed E-state index contributed by atoms with van der Waals surface area (Å²) >= 11 is 0. The van der Waals surface area contributed by atoms with Crippen LogP contribution in [0.2, 0.25) is 0 Å². The Morgan fingerprint density at radius 3 is 2.54 bits per heavy atom. The molecule has 0 aliphatic carbocycles. The van der Waals surface area contributed by atoms with Crippen LogP contribution < -0.4 is 20.5 Å². The van der Waals surface area contributed by atoms with Crippen molar-refractivity contribution in [3.8, 4) is 17.6 Å². The van der Waals surface area contributed by atoms with Gasteiger partial charge in [0.1, 0.15) is 11.6 Å². The number of carbonyl (C=O) groups is 2. The lowest BCUT2D eigenvalue weighted by molar-refractivity contribution is -0.120. The number of hydrogen-bond donors (Lipinski definition) is 2. The van der Waals surface area contributed by atoms with Gasteiger partial charge in [-0.1, -0.05) is 36.4 Å². The molecule has 0 heterocycles. The summed E-state index contributed by atoms with van der Waals surface area (Å²) in [5.41, 5.74) is 6.57. The first-order valence-electron chi connectivity index (χ1n) is 8.65. The third-order valence-electron chi connectivity index (χ3n) is 3.61. The number of nitrogens with two attached hydrogens (primary N) is 1. The molecule has 144 valence electrons. The highest BCUT2D eigenvalue weighted by Gasteiger charge is 2.11. The van der Waals surface area contributed by atoms with Crippen LogP contribution in [-0.4, -0.2) is 25.0 Å². The van der Waals surface area contributed by atoms with Gasteiger partial charge in [-0.2, -0.15) is 5.26 Å². The van der Waals surface area contributed by atoms with Crippen LogP contribution in [0.25, 0.3) is 6.08 Å². The van der Waals surface area contributed by atoms with Crippen LogP contribution in [-0.2, 0) is 16.1 Å². The van der Waals surface area contributed by atoms with Gasteiger partial charge in [-0.15, -0.1) is 0 Å². The highest BCUT2D eigenvalue weighted by molar-refractivity contribution is 6.01. The average molecular weight is 379 g/mol. The van der Waals surface area contributed by atoms with Crippen molar-refractivity contribution in [1.29, 1.82) is 5.26 Å². The fourth-order valence-electron chi connectivity index (χ4n) is 2.34. The molecule has 0 aliphatic rings. The molecule has 0 bridgehead atoms. The summed E-state index contributed by atoms with van der Waals surface area (Å²) in [6.45, 7) is 2.23. The Balaban J connectivity index is 2.15. The number of benzene rings is 2. The van der Waals surface area contributed by atoms with Gasteiger partial charge in [0.2, 0.25) is 0 Å². The van der Waals surface area contributed by atoms with Gasteiger partial charge < -0.3 is 20.5 Å². The molecule has 2 aromatic rings. The molecule has 7 heteroatoms. The minimum Gasteiger partial charge on any atom is -0.490 e. The second-order valence-electron chi connectivity index (χ2n) is 5.73. The van der Waals surface area contributed by atoms with E-state index in [1.54, 1.807) is 25.1 Å². The van der Waals surface area contributed by atoms with Crippen molar-refractivity contribution < 1.29 is 19.1 Å². The number of ether oxygens (including phenoxy) is 2. The predicted octanol–water partition coefficient (Wildman–Crippen LogP) is 2.17. The molecule has 7 nitrogen and oxygen atoms in total. The first kappa shape index (κ1) is 20.5. The Hall–Kier alpha value is -3.79. The molecular weight excluding hydrogens is 358 g/mol. The predicted molar refractivity (Wildman–Crippen MR) is 104 cm³/mol. The molecule has 0 atom stereocenters. The Morgan fingerprint density at radius 1 is 1.14 bits per heavy atom. The first-order valence-corrected chi connectivity index (χ1v) is 8.65. The molecule has 0 saturated heterocycles. The fraction of sp³-hybridized carbons (Fsp3) is 0.190. The second-order valence-corrected chi connectivity index (χ2v) is 5.73. The third-order valence-corrected chi connectivity index (χ3v) is 3.61. The summed E-state index contributed by atoms with van der Waals surface area (Å²) in [6, 6.07) is 16.2. The molecule has 0 saturated carbocycles. The number of nitrogens with zero attached hydrogens (tertiary/aromatic N) is 1. The van der Waals surface area contributed by atoms with E-state index in [0.717, 1.165) is 5.56 Å². The topological polar surface area (TPSA) is 114 Å². The molecule has 28 heavy (non-hydrogen) atoms. The van der Waals surface area contributed by atoms with Crippen molar-refractivity contribution >= 4 is 17.9 Å². The van der Waals surface area contributed by atoms with Crippen LogP contribution in [0.15, 0.2) is 54.1 Å². The minimum atomic E-state index is -0.603. The van der Waals surface area contributed by atoms with Gasteiger partial charge in [-0.3, -0.25) is 9.59 Å². The van der Waals surface area contributed by atoms with E-state index in [0.29, 0.717) is 30.2 Å². The van der Waals surface area contributed by atoms with Crippen molar-refractivity contribution in [3.05, 3.63) is 65.2 Å². The van der Waals surface area contributed by atoms with Crippen molar-refractivity contribution in [2.45, 2.75) is 13.5 Å². The highest BCUT2D eigenvalue weighted by atomic mass is 16.5. The summed E-state index contributed by atoms with van der Waals surface area (Å²) in [7, 11) is 0. The van der Waals surface area contributed by atoms with Crippen LogP contribution >= 0.6 is 0 Å². The largest absolute Gasteiger partial charge is 0.490 e. The van der Waals surface area contributed by atoms with Crippen LogP contribution in [0.5, 0.6) is 11.5 Å². The van der Waals surface area contributed by atoms with Gasteiger partial charge in [0.25, 0.3) is 11.8 Å². The van der Waals surface area contributed by atoms with Crippen LogP contribution in [0.1, 0.15) is 18.1 Å². The summed E-state index contributed by atoms with van der Waals surface area (Å²) in [4.78, 5) is 23.2. The molecule has 0 fully saturated rings. The molecule has 2 rings (SSSR count). The molecule has 0 spiro atoms. The van der Waals surface area contributed by atoms with E-state index in [1.807, 2.05) is 36.4 Å². The number of nitrogens with one attached hydrogen (secondary N) is 1. The molecule has 3 N–H and O–H groups in total. The molecule has 0 radical (unpaired) electrons. The number of rotatable bonds is 9. The van der Waals surface area contributed by atoms with Gasteiger partial charge in [0.05, 0.1) is 6.61 Å². The zero-order valence-electron chi connectivity index (χ0n) is 15.5. The van der Waals surface area contributed by atoms with Crippen molar-refractivity contribution in [1.82, 2.24) is 5.32 Å². The Morgan fingerprint density at radius 2 is 1.89 bits per heavy atom. The number of hydrogen-bond acceptors (Lipinski definition) is 5. The van der Waals surface area contributed by atoms with Gasteiger partial charge in [0.15, 0.2) is 18.1 Å². The van der Waals surface area contributed by atoms with E-state index < -0.39 is 11.8 Å². The van der Waals surface area contributed by atoms with Crippen molar-refractivity contribution in [2.24, 2.45) is 5.73 Å². The molecule has 0 unspecified atom stereocenters. The maximum atomic E-state index is 12.3. The maximum Gasteiger partial charge on any atom is 0.262 e. The molecular formula is C21H21N3O4. The zero-order valence-corrected chi connectivity index (χ0v) is 15.5. The number of nitriles is 1. The van der Waals surface area contributed by atoms with Gasteiger partial charge in [0, 0.05) is 6.54 Å². The van der Waals surface area contributed by atoms with E-state index in [-0.39, 0.29) is 12.2 Å². The summed E-state index contributed by atoms with van der Waals surface area (Å²) in [5, 5.41) is 12.1. The van der Waals surface area contributed by atoms with Crippen LogP contribution in [0.4, 0.5) is 0 Å². The van der Waals surface area contributed by atoms with E-state index in [2.05, 4.69) is 5.32 Å². The average Bonchev–Trinajstić information content (AvgIpc) is 2.70. The van der Waals surface area contributed by atoms with Crippen LogP contribution in [0.3, 0.4) is 0 Å². The van der Waals surface area contributed by atoms with Gasteiger partial charge >= 0.3 is 0 Å². The molecule has 0 aliphatic heterocycles. The fourth-order valence-corrected chi connectivity index (χ4v) is 2.34. The first-order chi connectivity index (χ1) is 13.5. The zero-order chi connectivity index (χ0) is 20.4. The summed E-state index contributed by atoms with van der Waals surface area (Å²) in [6.07, 6.45) is 1.46. The molecule has 2 amide bonds. The number of amides is 2. The van der Waals surface area contributed by atoms with E-state index in [1.165, 1.54) is 6.08 Å². The molecule has 0 aromatic heterocycles. The van der Waals surface area contributed by atoms with E-state index in [4.69, 9.17) is 15.2 Å². The van der Waals surface area contributed by atoms with Crippen molar-refractivity contribution in [3.63, 3.8) is 0 Å². The standard InChI is InChI=1S/C21H21N3O4/c1-2-27-19-11-16(8-9-18(19)28-14-20(23)25)10-17(12-22)21(26)24-13-15-6-4-3-5-7-15/h3-11H,2,13-14H2,1H3,(H2,23,25)(H,24,26). The Labute approximate surface area is 163 Å². The monoisotopic (exact) mass is 379 g/mol. The SMILES string of the molecule is CCOc1cc(C=C(C#N)C(=O)NCc2ccccc2)ccc1OCC(N)=O. The van der Waals surface area contributed by atoms with E-state index >= 15 is 0 Å². The lowest BCUT2D eigenvalue weighted by Gasteiger charge is -2.11. The summed E-state index contributed by atoms with van der Waals surface area (Å²) < 4.78 is 10.8. The van der Waals surface area contributed by atoms with Gasteiger partial charge in [-0.25, -0.2) is 0 Å². The lowest BCUT2D eigenvalue weighted by atomic mass is 10.1. The summed E-state index contributed by atoms with van der Waals surface area (Å²) in [5.74, 6) is -0.337. The normalized spacial score (nSPS) is 10.6.